The van der Waals surface area contributed by atoms with Gasteiger partial charge in [0.2, 0.25) is 0 Å². The van der Waals surface area contributed by atoms with Gasteiger partial charge >= 0.3 is 36.7 Å². The standard InChI is InChI=1S/C14H15O5PS.Na/c1-9-3-11(15)7-13(5-9)18-20(17,21)19-14-6-10(2)4-12(16)8-14;/h3-8,15-16H,1-2H3,(H,17,21);/q;+1/p-1. The first kappa shape index (κ1) is 19.4. The van der Waals surface area contributed by atoms with E-state index < -0.39 is 7.15 Å². The topological polar surface area (TPSA) is 82.0 Å². The average Bonchev–Trinajstić information content (AvgIpc) is 2.23. The molecular weight excluding hydrogens is 334 g/mol. The van der Waals surface area contributed by atoms with E-state index in [1.807, 2.05) is 0 Å². The van der Waals surface area contributed by atoms with E-state index in [1.54, 1.807) is 32.0 Å². The molecule has 0 aromatic heterocycles. The van der Waals surface area contributed by atoms with Crippen molar-refractivity contribution in [2.75, 3.05) is 0 Å². The van der Waals surface area contributed by atoms with Crippen LogP contribution in [0.4, 0.5) is 0 Å². The smallest absolute Gasteiger partial charge is 0.872 e. The molecule has 0 aliphatic rings. The quantitative estimate of drug-likeness (QED) is 0.451. The van der Waals surface area contributed by atoms with Crippen LogP contribution in [0.25, 0.3) is 0 Å². The van der Waals surface area contributed by atoms with Crippen LogP contribution in [0.2, 0.25) is 0 Å². The van der Waals surface area contributed by atoms with Gasteiger partial charge in [0.15, 0.2) is 11.5 Å². The fraction of sp³-hybridized carbons (Fsp3) is 0.143. The molecule has 1 unspecified atom stereocenters. The van der Waals surface area contributed by atoms with Crippen LogP contribution in [-0.2, 0) is 12.2 Å². The molecule has 2 aromatic carbocycles. The van der Waals surface area contributed by atoms with Gasteiger partial charge in [0.25, 0.3) is 0 Å². The van der Waals surface area contributed by atoms with Crippen LogP contribution in [0.15, 0.2) is 36.4 Å². The van der Waals surface area contributed by atoms with Gasteiger partial charge in [0.1, 0.15) is 5.75 Å². The second-order valence-corrected chi connectivity index (χ2v) is 7.32. The molecule has 0 aliphatic heterocycles. The van der Waals surface area contributed by atoms with Crippen LogP contribution in [0.5, 0.6) is 23.0 Å². The normalized spacial score (nSPS) is 12.9. The van der Waals surface area contributed by atoms with E-state index in [-0.39, 0.29) is 52.6 Å². The fourth-order valence-electron chi connectivity index (χ4n) is 1.83. The molecule has 0 spiro atoms. The summed E-state index contributed by atoms with van der Waals surface area (Å²) in [5, 5.41) is 20.9. The molecule has 0 amide bonds. The van der Waals surface area contributed by atoms with E-state index in [0.717, 1.165) is 5.56 Å². The molecule has 2 rings (SSSR count). The van der Waals surface area contributed by atoms with E-state index in [9.17, 15) is 15.1 Å². The Morgan fingerprint density at radius 2 is 1.45 bits per heavy atom. The number of benzene rings is 2. The Morgan fingerprint density at radius 1 is 0.955 bits per heavy atom. The van der Waals surface area contributed by atoms with Gasteiger partial charge in [-0.25, -0.2) is 0 Å². The minimum absolute atomic E-state index is 0. The molecule has 2 N–H and O–H groups in total. The Bertz CT molecular complexity index is 570. The first-order chi connectivity index (χ1) is 9.73. The second kappa shape index (κ2) is 7.77. The van der Waals surface area contributed by atoms with Crippen LogP contribution >= 0.6 is 7.15 Å². The summed E-state index contributed by atoms with van der Waals surface area (Å²) < 4.78 is 10.5. The van der Waals surface area contributed by atoms with Gasteiger partial charge in [-0.15, -0.1) is 5.75 Å². The molecule has 0 saturated carbocycles. The number of aromatic hydroxyl groups is 1. The van der Waals surface area contributed by atoms with Crippen molar-refractivity contribution in [3.63, 3.8) is 0 Å². The number of phenols is 1. The average molecular weight is 348 g/mol. The third-order valence-electron chi connectivity index (χ3n) is 2.50. The van der Waals surface area contributed by atoms with Gasteiger partial charge in [-0.05, 0) is 49.2 Å². The van der Waals surface area contributed by atoms with E-state index in [0.29, 0.717) is 5.56 Å². The minimum atomic E-state index is -3.63. The van der Waals surface area contributed by atoms with Crippen molar-refractivity contribution in [1.29, 1.82) is 0 Å². The van der Waals surface area contributed by atoms with Crippen molar-refractivity contribution in [2.24, 2.45) is 0 Å². The third kappa shape index (κ3) is 5.88. The number of aryl methyl sites for hydroxylation is 2. The molecule has 5 nitrogen and oxygen atoms in total. The molecule has 0 radical (unpaired) electrons. The van der Waals surface area contributed by atoms with E-state index in [2.05, 4.69) is 0 Å². The Labute approximate surface area is 156 Å². The first-order valence-corrected chi connectivity index (χ1v) is 8.64. The zero-order chi connectivity index (χ0) is 15.6. The van der Waals surface area contributed by atoms with Crippen molar-refractivity contribution in [3.8, 4) is 23.0 Å². The molecule has 0 heterocycles. The Hall–Kier alpha value is -0.620. The Morgan fingerprint density at radius 3 is 1.95 bits per heavy atom. The summed E-state index contributed by atoms with van der Waals surface area (Å²) >= 11 is 4.92. The van der Waals surface area contributed by atoms with E-state index in [1.165, 1.54) is 18.2 Å². The number of hydrogen-bond donors (Lipinski definition) is 2. The predicted molar refractivity (Wildman–Crippen MR) is 81.2 cm³/mol. The van der Waals surface area contributed by atoms with Crippen LogP contribution in [-0.4, -0.2) is 10.00 Å². The summed E-state index contributed by atoms with van der Waals surface area (Å²) in [5.41, 5.74) is 1.44. The fourth-order valence-corrected chi connectivity index (χ4v) is 3.13. The van der Waals surface area contributed by atoms with Gasteiger partial charge in [-0.3, -0.25) is 0 Å². The number of rotatable bonds is 4. The minimum Gasteiger partial charge on any atom is -0.872 e. The molecule has 0 fully saturated rings. The van der Waals surface area contributed by atoms with Gasteiger partial charge in [0, 0.05) is 6.07 Å². The largest absolute Gasteiger partial charge is 1.00 e. The summed E-state index contributed by atoms with van der Waals surface area (Å²) in [4.78, 5) is 10.1. The summed E-state index contributed by atoms with van der Waals surface area (Å²) in [6.07, 6.45) is 0. The first-order valence-electron chi connectivity index (χ1n) is 6.05. The molecule has 2 aromatic rings. The van der Waals surface area contributed by atoms with Crippen molar-refractivity contribution in [3.05, 3.63) is 47.5 Å². The molecular formula is C14H14NaO5PS. The second-order valence-electron chi connectivity index (χ2n) is 4.64. The van der Waals surface area contributed by atoms with Gasteiger partial charge in [0.05, 0.1) is 0 Å². The van der Waals surface area contributed by atoms with Gasteiger partial charge < -0.3 is 31.5 Å². The van der Waals surface area contributed by atoms with Gasteiger partial charge in [-0.1, -0.05) is 6.07 Å². The maximum absolute atomic E-state index is 11.4. The zero-order valence-corrected chi connectivity index (χ0v) is 16.1. The predicted octanol–water partition coefficient (Wildman–Crippen LogP) is -0.239. The summed E-state index contributed by atoms with van der Waals surface area (Å²) in [6.45, 7) is 3.49. The Balaban J connectivity index is 0.00000242. The third-order valence-corrected chi connectivity index (χ3v) is 3.83. The molecule has 112 valence electrons. The summed E-state index contributed by atoms with van der Waals surface area (Å²) in [7, 11) is -3.63. The van der Waals surface area contributed by atoms with Crippen LogP contribution < -0.4 is 43.7 Å². The maximum atomic E-state index is 11.4. The molecule has 8 heteroatoms. The molecule has 0 saturated heterocycles. The van der Waals surface area contributed by atoms with Crippen molar-refractivity contribution in [1.82, 2.24) is 0 Å². The molecule has 1 atom stereocenters. The number of hydrogen-bond acceptors (Lipinski definition) is 6. The van der Waals surface area contributed by atoms with Crippen molar-refractivity contribution >= 4 is 19.4 Å². The van der Waals surface area contributed by atoms with Crippen molar-refractivity contribution < 1.29 is 53.7 Å². The summed E-state index contributed by atoms with van der Waals surface area (Å²) in [5.74, 6) is 0.113. The van der Waals surface area contributed by atoms with Crippen molar-refractivity contribution in [2.45, 2.75) is 13.8 Å². The van der Waals surface area contributed by atoms with E-state index >= 15 is 0 Å². The van der Waals surface area contributed by atoms with Crippen LogP contribution in [0.1, 0.15) is 11.1 Å². The summed E-state index contributed by atoms with van der Waals surface area (Å²) in [6, 6.07) is 8.71. The number of phenolic OH excluding ortho intramolecular Hbond substituents is 1. The monoisotopic (exact) mass is 348 g/mol. The van der Waals surface area contributed by atoms with Gasteiger partial charge in [-0.2, -0.15) is 4.89 Å². The van der Waals surface area contributed by atoms with Crippen LogP contribution in [0.3, 0.4) is 0 Å². The maximum Gasteiger partial charge on any atom is 1.00 e. The Kier molecular flexibility index (Phi) is 6.86. The molecule has 22 heavy (non-hydrogen) atoms. The van der Waals surface area contributed by atoms with E-state index in [4.69, 9.17) is 21.3 Å². The molecule has 0 bridgehead atoms. The zero-order valence-electron chi connectivity index (χ0n) is 12.4. The SMILES string of the molecule is Cc1cc([O-])cc(O[P+](O)([S-])Oc2cc(C)cc(O)c2)c1.[Na+]. The van der Waals surface area contributed by atoms with Crippen LogP contribution in [0, 0.1) is 13.8 Å². The molecule has 0 aliphatic carbocycles.